The molecule has 16 heavy (non-hydrogen) atoms. The van der Waals surface area contributed by atoms with Crippen LogP contribution in [0.25, 0.3) is 0 Å². The fraction of sp³-hybridized carbons (Fsp3) is 0.800. The van der Waals surface area contributed by atoms with Crippen LogP contribution in [0.4, 0.5) is 0 Å². The highest BCUT2D eigenvalue weighted by atomic mass is 32.2. The van der Waals surface area contributed by atoms with Gasteiger partial charge >= 0.3 is 11.9 Å². The highest BCUT2D eigenvalue weighted by Gasteiger charge is 2.54. The lowest BCUT2D eigenvalue weighted by Crippen LogP contribution is -2.38. The van der Waals surface area contributed by atoms with Crippen molar-refractivity contribution in [1.82, 2.24) is 0 Å². The van der Waals surface area contributed by atoms with Gasteiger partial charge in [-0.15, -0.1) is 0 Å². The van der Waals surface area contributed by atoms with E-state index in [1.807, 2.05) is 0 Å². The lowest BCUT2D eigenvalue weighted by Gasteiger charge is -2.27. The minimum absolute atomic E-state index is 0.0163. The van der Waals surface area contributed by atoms with Gasteiger partial charge in [-0.3, -0.25) is 9.59 Å². The first-order valence-electron chi connectivity index (χ1n) is 5.22. The molecule has 90 valence electrons. The van der Waals surface area contributed by atoms with Crippen molar-refractivity contribution in [3.8, 4) is 0 Å². The molecule has 0 radical (unpaired) electrons. The molecule has 0 bridgehead atoms. The van der Waals surface area contributed by atoms with Gasteiger partial charge in [-0.25, -0.2) is 8.42 Å². The Labute approximate surface area is 94.1 Å². The second-order valence-electron chi connectivity index (χ2n) is 4.92. The van der Waals surface area contributed by atoms with Gasteiger partial charge in [-0.2, -0.15) is 0 Å². The molecule has 6 heteroatoms. The Bertz CT molecular complexity index is 448. The summed E-state index contributed by atoms with van der Waals surface area (Å²) in [7, 11) is -3.17. The van der Waals surface area contributed by atoms with Gasteiger partial charge in [-0.1, -0.05) is 0 Å². The van der Waals surface area contributed by atoms with Gasteiger partial charge in [-0.05, 0) is 26.2 Å². The molecule has 0 spiro atoms. The molecule has 5 nitrogen and oxygen atoms in total. The van der Waals surface area contributed by atoms with E-state index in [0.717, 1.165) is 0 Å². The summed E-state index contributed by atoms with van der Waals surface area (Å²) in [4.78, 5) is 22.4. The Morgan fingerprint density at radius 1 is 1.31 bits per heavy atom. The van der Waals surface area contributed by atoms with Gasteiger partial charge < -0.3 is 4.74 Å². The molecular formula is C10H14O5S. The maximum atomic E-state index is 11.8. The van der Waals surface area contributed by atoms with Gasteiger partial charge in [0.15, 0.2) is 9.84 Å². The number of carbonyl (C=O) groups excluding carboxylic acids is 2. The van der Waals surface area contributed by atoms with Crippen LogP contribution in [0.1, 0.15) is 26.7 Å². The van der Waals surface area contributed by atoms with Gasteiger partial charge in [0.05, 0.1) is 22.8 Å². The molecule has 2 heterocycles. The minimum atomic E-state index is -3.17. The third kappa shape index (κ3) is 1.47. The van der Waals surface area contributed by atoms with Crippen LogP contribution >= 0.6 is 0 Å². The van der Waals surface area contributed by atoms with E-state index in [0.29, 0.717) is 6.42 Å². The summed E-state index contributed by atoms with van der Waals surface area (Å²) in [5.74, 6) is -1.92. The molecule has 0 aromatic rings. The monoisotopic (exact) mass is 246 g/mol. The molecule has 0 aliphatic carbocycles. The number of cyclic esters (lactones) is 2. The molecule has 2 saturated heterocycles. The Morgan fingerprint density at radius 2 is 1.94 bits per heavy atom. The predicted octanol–water partition coefficient (Wildman–Crippen LogP) is 0.289. The van der Waals surface area contributed by atoms with Crippen LogP contribution in [0.3, 0.4) is 0 Å². The molecule has 0 saturated carbocycles. The first kappa shape index (κ1) is 11.6. The summed E-state index contributed by atoms with van der Waals surface area (Å²) >= 11 is 0. The Hall–Kier alpha value is -0.910. The van der Waals surface area contributed by atoms with E-state index >= 15 is 0 Å². The van der Waals surface area contributed by atoms with Crippen LogP contribution in [0.2, 0.25) is 0 Å². The number of rotatable bonds is 1. The summed E-state index contributed by atoms with van der Waals surface area (Å²) < 4.78 is 27.1. The molecule has 0 amide bonds. The van der Waals surface area contributed by atoms with Crippen molar-refractivity contribution in [3.05, 3.63) is 0 Å². The fourth-order valence-electron chi connectivity index (χ4n) is 2.61. The third-order valence-electron chi connectivity index (χ3n) is 3.78. The summed E-state index contributed by atoms with van der Waals surface area (Å²) in [6.07, 6.45) is 0.449. The maximum Gasteiger partial charge on any atom is 0.317 e. The number of hydrogen-bond acceptors (Lipinski definition) is 5. The largest absolute Gasteiger partial charge is 0.393 e. The van der Waals surface area contributed by atoms with Crippen molar-refractivity contribution < 1.29 is 22.7 Å². The van der Waals surface area contributed by atoms with E-state index in [1.54, 1.807) is 13.8 Å². The van der Waals surface area contributed by atoms with Crippen LogP contribution in [-0.2, 0) is 24.2 Å². The van der Waals surface area contributed by atoms with Crippen molar-refractivity contribution in [2.75, 3.05) is 5.75 Å². The highest BCUT2D eigenvalue weighted by Crippen LogP contribution is 2.44. The highest BCUT2D eigenvalue weighted by molar-refractivity contribution is 7.93. The number of esters is 2. The topological polar surface area (TPSA) is 77.5 Å². The maximum absolute atomic E-state index is 11.8. The molecule has 2 aliphatic rings. The van der Waals surface area contributed by atoms with E-state index in [1.165, 1.54) is 0 Å². The van der Waals surface area contributed by atoms with Crippen LogP contribution < -0.4 is 0 Å². The lowest BCUT2D eigenvalue weighted by atomic mass is 9.80. The summed E-state index contributed by atoms with van der Waals surface area (Å²) in [5, 5.41) is 0. The zero-order valence-corrected chi connectivity index (χ0v) is 10.0. The smallest absolute Gasteiger partial charge is 0.317 e. The van der Waals surface area contributed by atoms with Crippen molar-refractivity contribution in [1.29, 1.82) is 0 Å². The summed E-state index contributed by atoms with van der Waals surface area (Å²) in [6, 6.07) is 0. The first-order chi connectivity index (χ1) is 7.25. The van der Waals surface area contributed by atoms with E-state index in [2.05, 4.69) is 4.74 Å². The molecule has 2 unspecified atom stereocenters. The standard InChI is InChI=1S/C10H14O5S/c1-10(2)7(3-4-16(10,13)14)6-5-8(11)15-9(6)12/h6-7H,3-5H2,1-2H3. The van der Waals surface area contributed by atoms with Crippen LogP contribution in [0.5, 0.6) is 0 Å². The zero-order valence-electron chi connectivity index (χ0n) is 9.23. The fourth-order valence-corrected chi connectivity index (χ4v) is 4.44. The van der Waals surface area contributed by atoms with Gasteiger partial charge in [0.1, 0.15) is 0 Å². The van der Waals surface area contributed by atoms with Crippen LogP contribution in [0, 0.1) is 11.8 Å². The molecule has 0 N–H and O–H groups in total. The van der Waals surface area contributed by atoms with E-state index < -0.39 is 32.4 Å². The molecule has 2 rings (SSSR count). The SMILES string of the molecule is CC1(C)C(C2CC(=O)OC2=O)CCS1(=O)=O. The average molecular weight is 246 g/mol. The summed E-state index contributed by atoms with van der Waals surface area (Å²) in [6.45, 7) is 3.24. The number of hydrogen-bond donors (Lipinski definition) is 0. The molecule has 0 aromatic carbocycles. The van der Waals surface area contributed by atoms with Crippen LogP contribution in [0.15, 0.2) is 0 Å². The average Bonchev–Trinajstić information content (AvgIpc) is 2.53. The van der Waals surface area contributed by atoms with E-state index in [4.69, 9.17) is 0 Å². The van der Waals surface area contributed by atoms with Gasteiger partial charge in [0.25, 0.3) is 0 Å². The van der Waals surface area contributed by atoms with Crippen molar-refractivity contribution in [2.24, 2.45) is 11.8 Å². The Kier molecular flexibility index (Phi) is 2.38. The van der Waals surface area contributed by atoms with Gasteiger partial charge in [0.2, 0.25) is 0 Å². The second kappa shape index (κ2) is 3.29. The molecule has 2 fully saturated rings. The molecule has 0 aromatic heterocycles. The predicted molar refractivity (Wildman–Crippen MR) is 55.2 cm³/mol. The second-order valence-corrected chi connectivity index (χ2v) is 7.61. The van der Waals surface area contributed by atoms with Crippen molar-refractivity contribution in [3.63, 3.8) is 0 Å². The molecular weight excluding hydrogens is 232 g/mol. The van der Waals surface area contributed by atoms with Crippen molar-refractivity contribution >= 4 is 21.8 Å². The summed E-state index contributed by atoms with van der Waals surface area (Å²) in [5.41, 5.74) is 0. The lowest BCUT2D eigenvalue weighted by molar-refractivity contribution is -0.153. The molecule has 2 aliphatic heterocycles. The van der Waals surface area contributed by atoms with Crippen LogP contribution in [-0.4, -0.2) is 30.9 Å². The molecule has 2 atom stereocenters. The third-order valence-corrected chi connectivity index (χ3v) is 6.46. The minimum Gasteiger partial charge on any atom is -0.393 e. The van der Waals surface area contributed by atoms with E-state index in [-0.39, 0.29) is 18.1 Å². The Balaban J connectivity index is 2.31. The Morgan fingerprint density at radius 3 is 2.31 bits per heavy atom. The number of ether oxygens (including phenoxy) is 1. The zero-order chi connectivity index (χ0) is 12.1. The van der Waals surface area contributed by atoms with Crippen molar-refractivity contribution in [2.45, 2.75) is 31.4 Å². The van der Waals surface area contributed by atoms with Gasteiger partial charge in [0, 0.05) is 0 Å². The van der Waals surface area contributed by atoms with E-state index in [9.17, 15) is 18.0 Å². The quantitative estimate of drug-likeness (QED) is 0.491. The number of carbonyl (C=O) groups is 2. The number of sulfone groups is 1. The first-order valence-corrected chi connectivity index (χ1v) is 6.88. The normalized spacial score (nSPS) is 36.4.